The van der Waals surface area contributed by atoms with Crippen molar-refractivity contribution >= 4 is 22.0 Å². The Morgan fingerprint density at radius 1 is 1.43 bits per heavy atom. The van der Waals surface area contributed by atoms with Crippen molar-refractivity contribution in [1.29, 1.82) is 0 Å². The third-order valence-electron chi connectivity index (χ3n) is 3.81. The molecule has 3 N–H and O–H groups in total. The molecule has 2 saturated heterocycles. The Morgan fingerprint density at radius 2 is 2.19 bits per heavy atom. The predicted molar refractivity (Wildman–Crippen MR) is 70.7 cm³/mol. The number of carbonyl (C=O) groups excluding carboxylic acids is 2. The SMILES string of the molecule is CCc1ncc(S(=O)(=O)N2CCC3(C2)NC(=O)NC3=O)[nH]1. The van der Waals surface area contributed by atoms with E-state index in [9.17, 15) is 18.0 Å². The highest BCUT2D eigenvalue weighted by molar-refractivity contribution is 7.89. The van der Waals surface area contributed by atoms with Gasteiger partial charge in [-0.2, -0.15) is 4.31 Å². The van der Waals surface area contributed by atoms with E-state index in [1.165, 1.54) is 10.5 Å². The summed E-state index contributed by atoms with van der Waals surface area (Å²) in [5.41, 5.74) is -1.15. The number of nitrogens with zero attached hydrogens (tertiary/aromatic N) is 2. The summed E-state index contributed by atoms with van der Waals surface area (Å²) in [5.74, 6) is 0.0958. The van der Waals surface area contributed by atoms with Gasteiger partial charge in [0.25, 0.3) is 15.9 Å². The normalized spacial score (nSPS) is 26.3. The summed E-state index contributed by atoms with van der Waals surface area (Å²) < 4.78 is 26.2. The van der Waals surface area contributed by atoms with Crippen molar-refractivity contribution in [2.45, 2.75) is 30.3 Å². The summed E-state index contributed by atoms with van der Waals surface area (Å²) in [6, 6.07) is -0.589. The number of sulfonamides is 1. The minimum atomic E-state index is -3.75. The van der Waals surface area contributed by atoms with Crippen LogP contribution in [0, 0.1) is 0 Å². The van der Waals surface area contributed by atoms with Crippen LogP contribution in [0.2, 0.25) is 0 Å². The summed E-state index contributed by atoms with van der Waals surface area (Å²) in [6.07, 6.45) is 2.11. The number of H-pyrrole nitrogens is 1. The maximum Gasteiger partial charge on any atom is 0.322 e. The quantitative estimate of drug-likeness (QED) is 0.614. The Kier molecular flexibility index (Phi) is 3.02. The predicted octanol–water partition coefficient (Wildman–Crippen LogP) is -1.06. The first-order valence-electron chi connectivity index (χ1n) is 6.55. The van der Waals surface area contributed by atoms with Gasteiger partial charge in [-0.3, -0.25) is 10.1 Å². The van der Waals surface area contributed by atoms with E-state index in [2.05, 4.69) is 20.6 Å². The van der Waals surface area contributed by atoms with Crippen LogP contribution in [0.3, 0.4) is 0 Å². The van der Waals surface area contributed by atoms with E-state index >= 15 is 0 Å². The van der Waals surface area contributed by atoms with Crippen LogP contribution in [0.1, 0.15) is 19.2 Å². The molecule has 0 bridgehead atoms. The average Bonchev–Trinajstić information content (AvgIpc) is 3.11. The molecule has 10 heteroatoms. The molecule has 0 saturated carbocycles. The minimum Gasteiger partial charge on any atom is -0.332 e. The van der Waals surface area contributed by atoms with Crippen LogP contribution in [-0.2, 0) is 21.2 Å². The van der Waals surface area contributed by atoms with E-state index in [1.807, 2.05) is 6.92 Å². The number of amides is 3. The summed E-state index contributed by atoms with van der Waals surface area (Å²) >= 11 is 0. The molecular weight excluding hydrogens is 298 g/mol. The van der Waals surface area contributed by atoms with Gasteiger partial charge in [-0.15, -0.1) is 0 Å². The number of aryl methyl sites for hydroxylation is 1. The van der Waals surface area contributed by atoms with Crippen LogP contribution in [-0.4, -0.2) is 53.3 Å². The Labute approximate surface area is 121 Å². The number of carbonyl (C=O) groups is 2. The summed E-state index contributed by atoms with van der Waals surface area (Å²) in [7, 11) is -3.75. The number of aromatic nitrogens is 2. The first-order valence-corrected chi connectivity index (χ1v) is 7.99. The van der Waals surface area contributed by atoms with Gasteiger partial charge >= 0.3 is 6.03 Å². The third-order valence-corrected chi connectivity index (χ3v) is 5.56. The van der Waals surface area contributed by atoms with Crippen LogP contribution in [0.5, 0.6) is 0 Å². The molecule has 0 aromatic carbocycles. The zero-order valence-corrected chi connectivity index (χ0v) is 12.2. The maximum atomic E-state index is 12.5. The number of rotatable bonds is 3. The topological polar surface area (TPSA) is 124 Å². The molecule has 3 rings (SSSR count). The molecule has 0 radical (unpaired) electrons. The molecule has 3 heterocycles. The molecule has 2 aliphatic heterocycles. The van der Waals surface area contributed by atoms with Crippen molar-refractivity contribution in [3.05, 3.63) is 12.0 Å². The Balaban J connectivity index is 1.85. The summed E-state index contributed by atoms with van der Waals surface area (Å²) in [5, 5.41) is 4.66. The average molecular weight is 313 g/mol. The molecule has 114 valence electrons. The van der Waals surface area contributed by atoms with Crippen molar-refractivity contribution in [1.82, 2.24) is 24.9 Å². The Morgan fingerprint density at radius 3 is 2.76 bits per heavy atom. The lowest BCUT2D eigenvalue weighted by Gasteiger charge is -2.20. The van der Waals surface area contributed by atoms with Crippen LogP contribution >= 0.6 is 0 Å². The van der Waals surface area contributed by atoms with Crippen LogP contribution in [0.4, 0.5) is 4.79 Å². The van der Waals surface area contributed by atoms with Gasteiger partial charge in [0, 0.05) is 19.5 Å². The molecule has 1 aromatic rings. The molecule has 9 nitrogen and oxygen atoms in total. The fourth-order valence-electron chi connectivity index (χ4n) is 2.59. The fraction of sp³-hybridized carbons (Fsp3) is 0.545. The second kappa shape index (κ2) is 4.53. The molecule has 2 aliphatic rings. The largest absolute Gasteiger partial charge is 0.332 e. The number of imidazole rings is 1. The monoisotopic (exact) mass is 313 g/mol. The number of aromatic amines is 1. The lowest BCUT2D eigenvalue weighted by Crippen LogP contribution is -2.49. The van der Waals surface area contributed by atoms with Crippen molar-refractivity contribution in [3.8, 4) is 0 Å². The fourth-order valence-corrected chi connectivity index (χ4v) is 4.02. The highest BCUT2D eigenvalue weighted by atomic mass is 32.2. The van der Waals surface area contributed by atoms with Gasteiger partial charge in [0.05, 0.1) is 6.20 Å². The molecule has 0 aliphatic carbocycles. The smallest absolute Gasteiger partial charge is 0.322 e. The first-order chi connectivity index (χ1) is 9.87. The lowest BCUT2D eigenvalue weighted by atomic mass is 10.00. The van der Waals surface area contributed by atoms with Crippen molar-refractivity contribution in [2.75, 3.05) is 13.1 Å². The van der Waals surface area contributed by atoms with Gasteiger partial charge in [-0.1, -0.05) is 6.92 Å². The zero-order valence-electron chi connectivity index (χ0n) is 11.3. The van der Waals surface area contributed by atoms with Crippen LogP contribution < -0.4 is 10.6 Å². The van der Waals surface area contributed by atoms with E-state index in [1.54, 1.807) is 0 Å². The second-order valence-electron chi connectivity index (χ2n) is 5.13. The third kappa shape index (κ3) is 2.10. The maximum absolute atomic E-state index is 12.5. The second-order valence-corrected chi connectivity index (χ2v) is 7.03. The number of imide groups is 1. The van der Waals surface area contributed by atoms with E-state index < -0.39 is 27.5 Å². The van der Waals surface area contributed by atoms with Crippen LogP contribution in [0.15, 0.2) is 11.2 Å². The number of nitrogens with one attached hydrogen (secondary N) is 3. The molecule has 3 amide bonds. The molecule has 1 atom stereocenters. The number of hydrogen-bond donors (Lipinski definition) is 3. The van der Waals surface area contributed by atoms with Gasteiger partial charge < -0.3 is 10.3 Å². The standard InChI is InChI=1S/C11H15N5O4S/c1-2-7-12-5-8(13-7)21(19,20)16-4-3-11(6-16)9(17)14-10(18)15-11/h5H,2-4,6H2,1H3,(H,12,13)(H2,14,15,17,18). The lowest BCUT2D eigenvalue weighted by molar-refractivity contribution is -0.123. The molecule has 21 heavy (non-hydrogen) atoms. The molecular formula is C11H15N5O4S. The van der Waals surface area contributed by atoms with E-state index in [4.69, 9.17) is 0 Å². The minimum absolute atomic E-state index is 0.00105. The zero-order chi connectivity index (χ0) is 15.3. The number of urea groups is 1. The van der Waals surface area contributed by atoms with Gasteiger partial charge in [-0.25, -0.2) is 18.2 Å². The highest BCUT2D eigenvalue weighted by Crippen LogP contribution is 2.28. The Hall–Kier alpha value is -1.94. The summed E-state index contributed by atoms with van der Waals surface area (Å²) in [4.78, 5) is 29.8. The van der Waals surface area contributed by atoms with E-state index in [0.717, 1.165) is 0 Å². The van der Waals surface area contributed by atoms with Crippen LogP contribution in [0.25, 0.3) is 0 Å². The molecule has 1 spiro atoms. The van der Waals surface area contributed by atoms with Crippen molar-refractivity contribution in [3.63, 3.8) is 0 Å². The molecule has 2 fully saturated rings. The van der Waals surface area contributed by atoms with Crippen molar-refractivity contribution in [2.24, 2.45) is 0 Å². The Bertz CT molecular complexity index is 712. The van der Waals surface area contributed by atoms with E-state index in [-0.39, 0.29) is 24.5 Å². The number of hydrogen-bond acceptors (Lipinski definition) is 5. The van der Waals surface area contributed by atoms with Gasteiger partial charge in [0.1, 0.15) is 11.4 Å². The van der Waals surface area contributed by atoms with E-state index in [0.29, 0.717) is 12.2 Å². The summed E-state index contributed by atoms with van der Waals surface area (Å²) in [6.45, 7) is 1.95. The van der Waals surface area contributed by atoms with Gasteiger partial charge in [0.15, 0.2) is 5.03 Å². The van der Waals surface area contributed by atoms with Crippen molar-refractivity contribution < 1.29 is 18.0 Å². The van der Waals surface area contributed by atoms with Gasteiger partial charge in [-0.05, 0) is 6.42 Å². The highest BCUT2D eigenvalue weighted by Gasteiger charge is 2.53. The molecule has 1 unspecified atom stereocenters. The van der Waals surface area contributed by atoms with Gasteiger partial charge in [0.2, 0.25) is 0 Å². The first kappa shape index (κ1) is 14.0. The molecule has 1 aromatic heterocycles.